The summed E-state index contributed by atoms with van der Waals surface area (Å²) in [5.74, 6) is 0.788. The summed E-state index contributed by atoms with van der Waals surface area (Å²) in [4.78, 5) is 4.40. The number of benzene rings is 2. The summed E-state index contributed by atoms with van der Waals surface area (Å²) in [6, 6.07) is 21.2. The predicted octanol–water partition coefficient (Wildman–Crippen LogP) is 4.34. The number of aliphatic imine (C=N–C) groups is 1. The minimum atomic E-state index is -0.106. The van der Waals surface area contributed by atoms with E-state index in [2.05, 4.69) is 95.3 Å². The summed E-state index contributed by atoms with van der Waals surface area (Å²) in [5, 5.41) is 14.9. The van der Waals surface area contributed by atoms with Gasteiger partial charge in [0.2, 0.25) is 0 Å². The highest BCUT2D eigenvalue weighted by Crippen LogP contribution is 2.16. The molecule has 1 atom stereocenters. The summed E-state index contributed by atoms with van der Waals surface area (Å²) >= 11 is 0. The Kier molecular flexibility index (Phi) is 10.2. The topological polar surface area (TPSA) is 66.3 Å². The Morgan fingerprint density at radius 1 is 1.00 bits per heavy atom. The van der Waals surface area contributed by atoms with Crippen molar-refractivity contribution < 1.29 is 0 Å². The first kappa shape index (κ1) is 25.9. The lowest BCUT2D eigenvalue weighted by Gasteiger charge is -2.31. The van der Waals surface area contributed by atoms with E-state index >= 15 is 0 Å². The molecule has 0 fully saturated rings. The highest BCUT2D eigenvalue weighted by molar-refractivity contribution is 14.0. The van der Waals surface area contributed by atoms with E-state index in [0.717, 1.165) is 19.0 Å². The van der Waals surface area contributed by atoms with Crippen LogP contribution in [0, 0.1) is 0 Å². The molecule has 0 aliphatic rings. The number of rotatable bonds is 9. The number of hydrogen-bond acceptors (Lipinski definition) is 3. The molecule has 3 N–H and O–H groups in total. The molecule has 172 valence electrons. The summed E-state index contributed by atoms with van der Waals surface area (Å²) in [6.45, 7) is 8.80. The van der Waals surface area contributed by atoms with E-state index < -0.39 is 0 Å². The maximum Gasteiger partial charge on any atom is 0.191 e. The van der Waals surface area contributed by atoms with Gasteiger partial charge in [0.15, 0.2) is 5.96 Å². The molecule has 0 bridgehead atoms. The third kappa shape index (κ3) is 7.94. The Bertz CT molecular complexity index is 954. The Balaban J connectivity index is 0.00000363. The molecule has 0 aliphatic heterocycles. The molecule has 1 heterocycles. The molecular formula is C25H35IN6. The fourth-order valence-electron chi connectivity index (χ4n) is 3.62. The number of nitrogens with zero attached hydrogens (tertiary/aromatic N) is 3. The van der Waals surface area contributed by atoms with Crippen molar-refractivity contribution in [2.24, 2.45) is 4.99 Å². The Hall–Kier alpha value is -2.39. The Morgan fingerprint density at radius 2 is 1.69 bits per heavy atom. The third-order valence-corrected chi connectivity index (χ3v) is 5.28. The van der Waals surface area contributed by atoms with Crippen molar-refractivity contribution in [3.05, 3.63) is 89.7 Å². The molecule has 32 heavy (non-hydrogen) atoms. The average molecular weight is 547 g/mol. The zero-order chi connectivity index (χ0) is 22.1. The van der Waals surface area contributed by atoms with Gasteiger partial charge in [-0.25, -0.2) is 0 Å². The van der Waals surface area contributed by atoms with Crippen LogP contribution in [-0.4, -0.2) is 34.9 Å². The minimum Gasteiger partial charge on any atom is -0.355 e. The molecule has 0 saturated carbocycles. The molecule has 3 rings (SSSR count). The van der Waals surface area contributed by atoms with Crippen LogP contribution in [0.15, 0.2) is 78.0 Å². The van der Waals surface area contributed by atoms with Gasteiger partial charge in [0.05, 0.1) is 6.54 Å². The van der Waals surface area contributed by atoms with Crippen molar-refractivity contribution in [3.8, 4) is 0 Å². The molecule has 0 amide bonds. The fourth-order valence-corrected chi connectivity index (χ4v) is 3.62. The third-order valence-electron chi connectivity index (χ3n) is 5.28. The molecule has 0 radical (unpaired) electrons. The maximum atomic E-state index is 4.40. The van der Waals surface area contributed by atoms with Gasteiger partial charge in [-0.2, -0.15) is 5.10 Å². The first-order valence-electron chi connectivity index (χ1n) is 10.8. The molecular weight excluding hydrogens is 511 g/mol. The van der Waals surface area contributed by atoms with Gasteiger partial charge < -0.3 is 16.0 Å². The van der Waals surface area contributed by atoms with Crippen molar-refractivity contribution in [2.45, 2.75) is 45.4 Å². The van der Waals surface area contributed by atoms with Crippen molar-refractivity contribution >= 4 is 29.9 Å². The quantitative estimate of drug-likeness (QED) is 0.212. The predicted molar refractivity (Wildman–Crippen MR) is 143 cm³/mol. The SMILES string of the molecule is CN=C(NCc1ccccc1Cn1cccn1)NCC(C)(C)NC(C)c1ccccc1.I. The van der Waals surface area contributed by atoms with Crippen LogP contribution in [0.25, 0.3) is 0 Å². The standard InChI is InChI=1S/C25H34N6.HI/c1-20(21-11-6-5-7-12-21)30-25(2,3)19-28-24(26-4)27-17-22-13-8-9-14-23(22)18-31-16-10-15-29-31;/h5-16,20,30H,17-19H2,1-4H3,(H2,26,27,28);1H. The van der Waals surface area contributed by atoms with E-state index in [1.54, 1.807) is 13.2 Å². The number of aromatic nitrogens is 2. The zero-order valence-electron chi connectivity index (χ0n) is 19.4. The van der Waals surface area contributed by atoms with Crippen LogP contribution in [0.5, 0.6) is 0 Å². The summed E-state index contributed by atoms with van der Waals surface area (Å²) in [6.07, 6.45) is 3.79. The van der Waals surface area contributed by atoms with Crippen LogP contribution >= 0.6 is 24.0 Å². The summed E-state index contributed by atoms with van der Waals surface area (Å²) in [7, 11) is 1.80. The van der Waals surface area contributed by atoms with Gasteiger partial charge >= 0.3 is 0 Å². The van der Waals surface area contributed by atoms with Gasteiger partial charge in [0, 0.05) is 44.1 Å². The Morgan fingerprint density at radius 3 is 2.34 bits per heavy atom. The van der Waals surface area contributed by atoms with Crippen LogP contribution in [0.4, 0.5) is 0 Å². The van der Waals surface area contributed by atoms with Gasteiger partial charge in [-0.3, -0.25) is 9.67 Å². The van der Waals surface area contributed by atoms with Crippen molar-refractivity contribution in [1.29, 1.82) is 0 Å². The highest BCUT2D eigenvalue weighted by atomic mass is 127. The average Bonchev–Trinajstić information content (AvgIpc) is 3.28. The summed E-state index contributed by atoms with van der Waals surface area (Å²) < 4.78 is 1.94. The van der Waals surface area contributed by atoms with Gasteiger partial charge in [0.25, 0.3) is 0 Å². The molecule has 7 heteroatoms. The molecule has 1 aromatic heterocycles. The van der Waals surface area contributed by atoms with E-state index in [0.29, 0.717) is 6.54 Å². The number of guanidine groups is 1. The number of halogens is 1. The van der Waals surface area contributed by atoms with Crippen molar-refractivity contribution in [1.82, 2.24) is 25.7 Å². The summed E-state index contributed by atoms with van der Waals surface area (Å²) in [5.41, 5.74) is 3.65. The first-order valence-corrected chi connectivity index (χ1v) is 10.8. The first-order chi connectivity index (χ1) is 15.0. The van der Waals surface area contributed by atoms with Crippen LogP contribution < -0.4 is 16.0 Å². The van der Waals surface area contributed by atoms with E-state index in [-0.39, 0.29) is 35.6 Å². The molecule has 1 unspecified atom stereocenters. The molecule has 6 nitrogen and oxygen atoms in total. The fraction of sp³-hybridized carbons (Fsp3) is 0.360. The lowest BCUT2D eigenvalue weighted by Crippen LogP contribution is -2.52. The Labute approximate surface area is 208 Å². The lowest BCUT2D eigenvalue weighted by molar-refractivity contribution is 0.345. The minimum absolute atomic E-state index is 0. The molecule has 0 spiro atoms. The van der Waals surface area contributed by atoms with E-state index in [1.165, 1.54) is 16.7 Å². The van der Waals surface area contributed by atoms with Gasteiger partial charge in [-0.1, -0.05) is 54.6 Å². The monoisotopic (exact) mass is 546 g/mol. The smallest absolute Gasteiger partial charge is 0.191 e. The lowest BCUT2D eigenvalue weighted by atomic mass is 10.0. The van der Waals surface area contributed by atoms with Gasteiger partial charge in [-0.15, -0.1) is 24.0 Å². The van der Waals surface area contributed by atoms with E-state index in [4.69, 9.17) is 0 Å². The van der Waals surface area contributed by atoms with Crippen molar-refractivity contribution in [2.75, 3.05) is 13.6 Å². The maximum absolute atomic E-state index is 4.40. The second-order valence-corrected chi connectivity index (χ2v) is 8.41. The highest BCUT2D eigenvalue weighted by Gasteiger charge is 2.21. The zero-order valence-corrected chi connectivity index (χ0v) is 21.7. The van der Waals surface area contributed by atoms with Crippen LogP contribution in [-0.2, 0) is 13.1 Å². The molecule has 3 aromatic rings. The van der Waals surface area contributed by atoms with E-state index in [9.17, 15) is 0 Å². The van der Waals surface area contributed by atoms with Crippen LogP contribution in [0.1, 0.15) is 43.5 Å². The largest absolute Gasteiger partial charge is 0.355 e. The molecule has 0 aliphatic carbocycles. The van der Waals surface area contributed by atoms with E-state index in [1.807, 2.05) is 23.0 Å². The second-order valence-electron chi connectivity index (χ2n) is 8.41. The van der Waals surface area contributed by atoms with Gasteiger partial charge in [-0.05, 0) is 43.5 Å². The van der Waals surface area contributed by atoms with Crippen molar-refractivity contribution in [3.63, 3.8) is 0 Å². The molecule has 0 saturated heterocycles. The normalized spacial score (nSPS) is 12.7. The number of hydrogen-bond donors (Lipinski definition) is 3. The molecule has 2 aromatic carbocycles. The number of nitrogens with one attached hydrogen (secondary N) is 3. The van der Waals surface area contributed by atoms with Crippen LogP contribution in [0.2, 0.25) is 0 Å². The second kappa shape index (κ2) is 12.6. The van der Waals surface area contributed by atoms with Crippen LogP contribution in [0.3, 0.4) is 0 Å². The van der Waals surface area contributed by atoms with Gasteiger partial charge in [0.1, 0.15) is 0 Å².